The van der Waals surface area contributed by atoms with Crippen molar-refractivity contribution in [2.24, 2.45) is 0 Å². The van der Waals surface area contributed by atoms with Gasteiger partial charge >= 0.3 is 0 Å². The van der Waals surface area contributed by atoms with Gasteiger partial charge in [0, 0.05) is 25.6 Å². The molecule has 90 valence electrons. The number of halogens is 1. The van der Waals surface area contributed by atoms with Crippen molar-refractivity contribution in [3.63, 3.8) is 0 Å². The topological polar surface area (TPSA) is 44.1 Å². The van der Waals surface area contributed by atoms with E-state index in [1.54, 1.807) is 19.2 Å². The highest BCUT2D eigenvalue weighted by Crippen LogP contribution is 2.20. The van der Waals surface area contributed by atoms with E-state index in [4.69, 9.17) is 16.3 Å². The van der Waals surface area contributed by atoms with Crippen LogP contribution in [-0.4, -0.2) is 29.1 Å². The van der Waals surface area contributed by atoms with E-state index in [2.05, 4.69) is 4.98 Å². The van der Waals surface area contributed by atoms with Gasteiger partial charge in [-0.15, -0.1) is 0 Å². The molecule has 0 aliphatic heterocycles. The minimum absolute atomic E-state index is 0.0616. The van der Waals surface area contributed by atoms with Crippen LogP contribution in [0.4, 0.5) is 0 Å². The van der Waals surface area contributed by atoms with E-state index in [9.17, 15) is 4.79 Å². The van der Waals surface area contributed by atoms with Gasteiger partial charge in [-0.2, -0.15) is 0 Å². The van der Waals surface area contributed by atoms with Crippen LogP contribution in [0.15, 0.2) is 18.2 Å². The molecule has 0 fully saturated rings. The standard InChI is InChI=1S/C12H13ClN2O2/c1-8(16)12-14-10-7-9(13)3-4-11(10)15(12)5-6-17-2/h3-4,7H,5-6H2,1-2H3. The summed E-state index contributed by atoms with van der Waals surface area (Å²) in [6, 6.07) is 5.41. The summed E-state index contributed by atoms with van der Waals surface area (Å²) in [7, 11) is 1.63. The molecule has 0 atom stereocenters. The molecule has 1 heterocycles. The normalized spacial score (nSPS) is 11.0. The van der Waals surface area contributed by atoms with E-state index < -0.39 is 0 Å². The number of imidazole rings is 1. The average molecular weight is 253 g/mol. The lowest BCUT2D eigenvalue weighted by atomic mass is 10.3. The van der Waals surface area contributed by atoms with E-state index in [1.165, 1.54) is 6.92 Å². The van der Waals surface area contributed by atoms with Gasteiger partial charge in [0.25, 0.3) is 0 Å². The lowest BCUT2D eigenvalue weighted by Gasteiger charge is -2.06. The van der Waals surface area contributed by atoms with Crippen molar-refractivity contribution in [2.75, 3.05) is 13.7 Å². The molecule has 0 aliphatic rings. The number of rotatable bonds is 4. The molecule has 0 aliphatic carbocycles. The number of carbonyl (C=O) groups is 1. The lowest BCUT2D eigenvalue weighted by molar-refractivity contribution is 0.0997. The van der Waals surface area contributed by atoms with Crippen LogP contribution in [0.2, 0.25) is 5.02 Å². The molecule has 0 saturated heterocycles. The minimum atomic E-state index is -0.0616. The molecule has 0 saturated carbocycles. The van der Waals surface area contributed by atoms with Crippen molar-refractivity contribution >= 4 is 28.4 Å². The summed E-state index contributed by atoms with van der Waals surface area (Å²) in [5.41, 5.74) is 1.63. The molecular formula is C12H13ClN2O2. The Balaban J connectivity index is 2.58. The van der Waals surface area contributed by atoms with Gasteiger partial charge in [0.05, 0.1) is 17.6 Å². The Bertz CT molecular complexity index is 563. The quantitative estimate of drug-likeness (QED) is 0.786. The van der Waals surface area contributed by atoms with Gasteiger partial charge in [-0.25, -0.2) is 4.98 Å². The number of hydrogen-bond acceptors (Lipinski definition) is 3. The SMILES string of the molecule is COCCn1c(C(C)=O)nc2cc(Cl)ccc21. The second kappa shape index (κ2) is 4.85. The Morgan fingerprint density at radius 2 is 2.29 bits per heavy atom. The third kappa shape index (κ3) is 2.33. The van der Waals surface area contributed by atoms with Crippen LogP contribution in [-0.2, 0) is 11.3 Å². The number of ketones is 1. The molecule has 17 heavy (non-hydrogen) atoms. The zero-order valence-electron chi connectivity index (χ0n) is 9.74. The van der Waals surface area contributed by atoms with Crippen molar-refractivity contribution in [3.8, 4) is 0 Å². The fourth-order valence-electron chi connectivity index (χ4n) is 1.78. The highest BCUT2D eigenvalue weighted by molar-refractivity contribution is 6.31. The first kappa shape index (κ1) is 12.1. The molecule has 2 aromatic rings. The molecule has 2 rings (SSSR count). The minimum Gasteiger partial charge on any atom is -0.383 e. The number of benzene rings is 1. The molecule has 5 heteroatoms. The van der Waals surface area contributed by atoms with Crippen LogP contribution >= 0.6 is 11.6 Å². The average Bonchev–Trinajstić information content (AvgIpc) is 2.64. The number of Topliss-reactive ketones (excluding diaryl/α,β-unsaturated/α-hetero) is 1. The van der Waals surface area contributed by atoms with Crippen LogP contribution in [0.1, 0.15) is 17.5 Å². The maximum Gasteiger partial charge on any atom is 0.195 e. The molecule has 0 radical (unpaired) electrons. The fourth-order valence-corrected chi connectivity index (χ4v) is 1.95. The summed E-state index contributed by atoms with van der Waals surface area (Å²) in [5.74, 6) is 0.382. The van der Waals surface area contributed by atoms with Crippen LogP contribution in [0.25, 0.3) is 11.0 Å². The van der Waals surface area contributed by atoms with E-state index >= 15 is 0 Å². The van der Waals surface area contributed by atoms with Crippen LogP contribution in [0.3, 0.4) is 0 Å². The van der Waals surface area contributed by atoms with Crippen molar-refractivity contribution in [1.29, 1.82) is 0 Å². The second-order valence-corrected chi connectivity index (χ2v) is 4.21. The number of aromatic nitrogens is 2. The van der Waals surface area contributed by atoms with Gasteiger partial charge < -0.3 is 9.30 Å². The molecule has 0 N–H and O–H groups in total. The smallest absolute Gasteiger partial charge is 0.195 e. The first-order valence-corrected chi connectivity index (χ1v) is 5.67. The second-order valence-electron chi connectivity index (χ2n) is 3.77. The lowest BCUT2D eigenvalue weighted by Crippen LogP contribution is -2.11. The van der Waals surface area contributed by atoms with E-state index in [0.717, 1.165) is 11.0 Å². The molecule has 0 spiro atoms. The van der Waals surface area contributed by atoms with Crippen molar-refractivity contribution in [1.82, 2.24) is 9.55 Å². The van der Waals surface area contributed by atoms with E-state index in [0.29, 0.717) is 24.0 Å². The molecular weight excluding hydrogens is 240 g/mol. The Morgan fingerprint density at radius 1 is 1.53 bits per heavy atom. The zero-order chi connectivity index (χ0) is 12.4. The maximum absolute atomic E-state index is 11.5. The van der Waals surface area contributed by atoms with E-state index in [1.807, 2.05) is 10.6 Å². The first-order valence-electron chi connectivity index (χ1n) is 5.29. The number of carbonyl (C=O) groups excluding carboxylic acids is 1. The summed E-state index contributed by atoms with van der Waals surface area (Å²) in [6.45, 7) is 2.64. The number of hydrogen-bond donors (Lipinski definition) is 0. The highest BCUT2D eigenvalue weighted by Gasteiger charge is 2.14. The van der Waals surface area contributed by atoms with Crippen LogP contribution in [0, 0.1) is 0 Å². The first-order chi connectivity index (χ1) is 8.13. The van der Waals surface area contributed by atoms with Gasteiger partial charge in [-0.05, 0) is 18.2 Å². The fraction of sp³-hybridized carbons (Fsp3) is 0.333. The van der Waals surface area contributed by atoms with Crippen molar-refractivity contribution in [3.05, 3.63) is 29.0 Å². The van der Waals surface area contributed by atoms with Crippen LogP contribution in [0.5, 0.6) is 0 Å². The highest BCUT2D eigenvalue weighted by atomic mass is 35.5. The number of ether oxygens (including phenoxy) is 1. The summed E-state index contributed by atoms with van der Waals surface area (Å²) in [5, 5.41) is 0.615. The van der Waals surface area contributed by atoms with E-state index in [-0.39, 0.29) is 5.78 Å². The third-order valence-corrected chi connectivity index (χ3v) is 2.78. The van der Waals surface area contributed by atoms with Gasteiger partial charge in [0.2, 0.25) is 0 Å². The summed E-state index contributed by atoms with van der Waals surface area (Å²) in [4.78, 5) is 15.8. The third-order valence-electron chi connectivity index (χ3n) is 2.54. The van der Waals surface area contributed by atoms with Crippen LogP contribution < -0.4 is 0 Å². The molecule has 0 amide bonds. The largest absolute Gasteiger partial charge is 0.383 e. The Kier molecular flexibility index (Phi) is 3.45. The zero-order valence-corrected chi connectivity index (χ0v) is 10.5. The Hall–Kier alpha value is -1.39. The van der Waals surface area contributed by atoms with Crippen molar-refractivity contribution in [2.45, 2.75) is 13.5 Å². The summed E-state index contributed by atoms with van der Waals surface area (Å²) < 4.78 is 6.90. The number of nitrogens with zero attached hydrogens (tertiary/aromatic N) is 2. The molecule has 0 unspecified atom stereocenters. The Labute approximate surface area is 104 Å². The number of methoxy groups -OCH3 is 1. The van der Waals surface area contributed by atoms with Gasteiger partial charge in [-0.3, -0.25) is 4.79 Å². The van der Waals surface area contributed by atoms with Crippen molar-refractivity contribution < 1.29 is 9.53 Å². The predicted octanol–water partition coefficient (Wildman–Crippen LogP) is 2.54. The van der Waals surface area contributed by atoms with Gasteiger partial charge in [-0.1, -0.05) is 11.6 Å². The number of fused-ring (bicyclic) bond motifs is 1. The monoisotopic (exact) mass is 252 g/mol. The Morgan fingerprint density at radius 3 is 2.94 bits per heavy atom. The predicted molar refractivity (Wildman–Crippen MR) is 66.6 cm³/mol. The van der Waals surface area contributed by atoms with Gasteiger partial charge in [0.1, 0.15) is 0 Å². The molecule has 1 aromatic heterocycles. The molecule has 1 aromatic carbocycles. The summed E-state index contributed by atoms with van der Waals surface area (Å²) >= 11 is 5.91. The summed E-state index contributed by atoms with van der Waals surface area (Å²) in [6.07, 6.45) is 0. The molecule has 0 bridgehead atoms. The maximum atomic E-state index is 11.5. The molecule has 4 nitrogen and oxygen atoms in total. The van der Waals surface area contributed by atoms with Gasteiger partial charge in [0.15, 0.2) is 11.6 Å².